The van der Waals surface area contributed by atoms with Gasteiger partial charge in [0.15, 0.2) is 13.2 Å². The van der Waals surface area contributed by atoms with Gasteiger partial charge in [0.25, 0.3) is 5.75 Å². The molecular formula is C21H28BN6O18. The van der Waals surface area contributed by atoms with Crippen molar-refractivity contribution >= 4 is 19.1 Å². The number of aliphatic hydroxyl groups excluding tert-OH is 2. The molecule has 0 atom stereocenters. The molecule has 46 heavy (non-hydrogen) atoms. The van der Waals surface area contributed by atoms with Crippen molar-refractivity contribution in [3.8, 4) is 30.4 Å². The van der Waals surface area contributed by atoms with Gasteiger partial charge in [0.2, 0.25) is 0 Å². The predicted molar refractivity (Wildman–Crippen MR) is 150 cm³/mol. The number of phenols is 1. The number of nitro groups is 6. The van der Waals surface area contributed by atoms with Gasteiger partial charge >= 0.3 is 35.1 Å². The number of phenolic OH excluding ortho intramolecular Hbond substituents is 1. The summed E-state index contributed by atoms with van der Waals surface area (Å²) in [6.45, 7) is -0.0723. The molecule has 3 N–H and O–H groups in total. The molecule has 1 aromatic rings. The number of ether oxygens (including phenoxy) is 2. The molecule has 0 amide bonds. The number of aromatic hydroxyl groups is 1. The van der Waals surface area contributed by atoms with Crippen molar-refractivity contribution < 1.29 is 59.0 Å². The predicted octanol–water partition coefficient (Wildman–Crippen LogP) is 0.229. The fraction of sp³-hybridized carbons (Fsp3) is 0.524. The maximum absolute atomic E-state index is 10.4. The SMILES string of the molecule is C#CCCO.C#CCCOCOCC(C)([N+](=O)[O-])[N+](=O)[O-].CC(CO)([N+](=O)[O-])[N+](=O)[O-].O=[N+]([O-])c1cccc([N+](=O)[O-])c1O.[B]=O. The van der Waals surface area contributed by atoms with Gasteiger partial charge < -0.3 is 24.8 Å². The molecule has 1 aromatic carbocycles. The summed E-state index contributed by atoms with van der Waals surface area (Å²) in [6, 6.07) is 3.11. The Labute approximate surface area is 259 Å². The second kappa shape index (κ2) is 25.7. The minimum absolute atomic E-state index is 0.108. The van der Waals surface area contributed by atoms with Crippen molar-refractivity contribution in [2.45, 2.75) is 38.0 Å². The van der Waals surface area contributed by atoms with Crippen molar-refractivity contribution in [1.29, 1.82) is 0 Å². The van der Waals surface area contributed by atoms with E-state index < -0.39 is 71.2 Å². The molecule has 0 bridgehead atoms. The van der Waals surface area contributed by atoms with E-state index in [1.165, 1.54) is 0 Å². The third kappa shape index (κ3) is 18.0. The van der Waals surface area contributed by atoms with Crippen molar-refractivity contribution in [3.05, 3.63) is 78.9 Å². The Balaban J connectivity index is -0.000000265. The topological polar surface area (TPSA) is 355 Å². The maximum atomic E-state index is 10.4. The van der Waals surface area contributed by atoms with E-state index in [-0.39, 0.29) is 20.0 Å². The fourth-order valence-corrected chi connectivity index (χ4v) is 1.72. The Kier molecular flexibility index (Phi) is 26.4. The number of nitrogens with zero attached hydrogens (tertiary/aromatic N) is 6. The first-order valence-corrected chi connectivity index (χ1v) is 11.5. The van der Waals surface area contributed by atoms with E-state index >= 15 is 0 Å². The summed E-state index contributed by atoms with van der Waals surface area (Å²) in [5, 5.41) is 86.3. The number of rotatable bonds is 14. The van der Waals surface area contributed by atoms with E-state index in [1.807, 2.05) is 0 Å². The van der Waals surface area contributed by atoms with Gasteiger partial charge in [-0.3, -0.25) is 60.7 Å². The summed E-state index contributed by atoms with van der Waals surface area (Å²) < 4.78 is 17.3. The number of nitro benzene ring substituents is 2. The normalized spacial score (nSPS) is 9.59. The van der Waals surface area contributed by atoms with E-state index in [2.05, 4.69) is 19.6 Å². The molecule has 24 nitrogen and oxygen atoms in total. The molecule has 0 spiro atoms. The summed E-state index contributed by atoms with van der Waals surface area (Å²) in [5.41, 5.74) is -6.15. The van der Waals surface area contributed by atoms with Crippen molar-refractivity contribution in [2.75, 3.05) is 33.2 Å². The number of hydrogen-bond donors (Lipinski definition) is 3. The van der Waals surface area contributed by atoms with E-state index in [4.69, 9.17) is 42.3 Å². The van der Waals surface area contributed by atoms with Crippen LogP contribution in [-0.4, -0.2) is 97.1 Å². The Morgan fingerprint density at radius 2 is 1.15 bits per heavy atom. The monoisotopic (exact) mass is 663 g/mol. The van der Waals surface area contributed by atoms with Gasteiger partial charge in [-0.1, -0.05) is 0 Å². The van der Waals surface area contributed by atoms with Gasteiger partial charge in [-0.15, -0.1) is 24.7 Å². The molecule has 1 rings (SSSR count). The molecule has 25 heteroatoms. The number of terminal acetylenes is 2. The molecule has 0 aliphatic heterocycles. The molecule has 253 valence electrons. The van der Waals surface area contributed by atoms with Gasteiger partial charge in [-0.05, 0) is 6.07 Å². The van der Waals surface area contributed by atoms with Crippen LogP contribution in [0.3, 0.4) is 0 Å². The van der Waals surface area contributed by atoms with Crippen LogP contribution in [0.2, 0.25) is 0 Å². The van der Waals surface area contributed by atoms with E-state index in [1.54, 1.807) is 0 Å². The third-order valence-electron chi connectivity index (χ3n) is 4.45. The van der Waals surface area contributed by atoms with Crippen LogP contribution in [0.25, 0.3) is 0 Å². The van der Waals surface area contributed by atoms with Crippen LogP contribution in [-0.2, 0) is 14.2 Å². The summed E-state index contributed by atoms with van der Waals surface area (Å²) in [7, 11) is 3.25. The molecule has 0 saturated carbocycles. The first kappa shape index (κ1) is 47.2. The number of para-hydroxylation sites is 1. The second-order valence-corrected chi connectivity index (χ2v) is 7.79. The van der Waals surface area contributed by atoms with Gasteiger partial charge in [0, 0.05) is 25.0 Å². The van der Waals surface area contributed by atoms with Gasteiger partial charge in [0.1, 0.15) is 26.5 Å². The standard InChI is InChI=1S/C8H12N2O6.C6H4N2O5.C4H6O.C3H6N2O5.BO/c1-3-4-5-15-7-16-6-8(2,9(11)12)10(13)14;9-6-4(7(10)11)2-1-3-5(6)8(12)13;1-2-3-4-5;1-3(2-6,4(7)8)5(9)10;1-2/h1H,4-7H2,2H3;1-3,9H;1,5H,3-4H2;6H,2H2,1H3;. The van der Waals surface area contributed by atoms with Crippen molar-refractivity contribution in [2.24, 2.45) is 0 Å². The van der Waals surface area contributed by atoms with E-state index in [0.29, 0.717) is 12.8 Å². The Morgan fingerprint density at radius 1 is 0.761 bits per heavy atom. The van der Waals surface area contributed by atoms with Crippen LogP contribution in [0.15, 0.2) is 18.2 Å². The summed E-state index contributed by atoms with van der Waals surface area (Å²) in [5.74, 6) is 3.66. The molecule has 0 aromatic heterocycles. The van der Waals surface area contributed by atoms with Gasteiger partial charge in [0.05, 0.1) is 36.9 Å². The van der Waals surface area contributed by atoms with Crippen LogP contribution in [0.5, 0.6) is 5.75 Å². The first-order valence-electron chi connectivity index (χ1n) is 11.5. The Bertz CT molecular complexity index is 1190. The van der Waals surface area contributed by atoms with Crippen LogP contribution in [0.4, 0.5) is 11.4 Å². The fourth-order valence-electron chi connectivity index (χ4n) is 1.72. The molecule has 0 saturated heterocycles. The number of aliphatic hydroxyl groups is 2. The molecule has 0 heterocycles. The van der Waals surface area contributed by atoms with Crippen LogP contribution < -0.4 is 0 Å². The van der Waals surface area contributed by atoms with E-state index in [9.17, 15) is 60.7 Å². The number of benzene rings is 1. The number of hydrogen-bond acceptors (Lipinski definition) is 18. The zero-order valence-electron chi connectivity index (χ0n) is 24.1. The molecular weight excluding hydrogens is 635 g/mol. The summed E-state index contributed by atoms with van der Waals surface area (Å²) >= 11 is 0. The first-order chi connectivity index (χ1) is 21.3. The third-order valence-corrected chi connectivity index (χ3v) is 4.45. The van der Waals surface area contributed by atoms with Crippen LogP contribution >= 0.6 is 0 Å². The summed E-state index contributed by atoms with van der Waals surface area (Å²) in [4.78, 5) is 55.1. The molecule has 0 unspecified atom stereocenters. The average molecular weight is 663 g/mol. The van der Waals surface area contributed by atoms with Crippen molar-refractivity contribution in [1.82, 2.24) is 0 Å². The van der Waals surface area contributed by atoms with Crippen molar-refractivity contribution in [3.63, 3.8) is 0 Å². The zero-order valence-corrected chi connectivity index (χ0v) is 24.1. The van der Waals surface area contributed by atoms with Crippen LogP contribution in [0, 0.1) is 85.4 Å². The minimum atomic E-state index is -2.46. The van der Waals surface area contributed by atoms with Gasteiger partial charge in [-0.25, -0.2) is 0 Å². The Hall–Kier alpha value is -5.76. The summed E-state index contributed by atoms with van der Waals surface area (Å²) in [6.07, 6.45) is 10.5. The molecule has 0 aliphatic carbocycles. The average Bonchev–Trinajstić information content (AvgIpc) is 3.00. The molecule has 1 radical (unpaired) electrons. The molecule has 0 fully saturated rings. The van der Waals surface area contributed by atoms with Gasteiger partial charge in [-0.2, -0.15) is 0 Å². The van der Waals surface area contributed by atoms with Crippen LogP contribution in [0.1, 0.15) is 26.7 Å². The zero-order chi connectivity index (χ0) is 37.1. The quantitative estimate of drug-likeness (QED) is 0.0598. The van der Waals surface area contributed by atoms with E-state index in [0.717, 1.165) is 32.0 Å². The second-order valence-electron chi connectivity index (χ2n) is 7.79. The molecule has 0 aliphatic rings. The Morgan fingerprint density at radius 3 is 1.39 bits per heavy atom.